The molecule has 0 unspecified atom stereocenters. The molecule has 0 radical (unpaired) electrons. The Hall–Kier alpha value is -0.610. The van der Waals surface area contributed by atoms with Crippen molar-refractivity contribution in [2.45, 2.75) is 38.8 Å². The summed E-state index contributed by atoms with van der Waals surface area (Å²) in [5.74, 6) is -0.690. The van der Waals surface area contributed by atoms with Crippen LogP contribution >= 0.6 is 0 Å². The van der Waals surface area contributed by atoms with Crippen molar-refractivity contribution in [2.24, 2.45) is 17.4 Å². The van der Waals surface area contributed by atoms with Gasteiger partial charge in [0, 0.05) is 13.2 Å². The van der Waals surface area contributed by atoms with Gasteiger partial charge >= 0.3 is 0 Å². The van der Waals surface area contributed by atoms with Crippen molar-refractivity contribution in [3.8, 4) is 0 Å². The summed E-state index contributed by atoms with van der Waals surface area (Å²) in [6.07, 6.45) is 1.56. The Kier molecular flexibility index (Phi) is 5.66. The van der Waals surface area contributed by atoms with E-state index in [0.29, 0.717) is 0 Å². The Morgan fingerprint density at radius 2 is 2.08 bits per heavy atom. The molecule has 0 aromatic rings. The van der Waals surface area contributed by atoms with E-state index in [-0.39, 0.29) is 24.0 Å². The number of carbonyl (C=O) groups is 1. The fraction of sp³-hybridized carbons (Fsp3) is 0.889. The molecule has 0 saturated carbocycles. The summed E-state index contributed by atoms with van der Waals surface area (Å²) in [7, 11) is 1.56. The Morgan fingerprint density at radius 1 is 1.54 bits per heavy atom. The van der Waals surface area contributed by atoms with Gasteiger partial charge in [0.15, 0.2) is 0 Å². The summed E-state index contributed by atoms with van der Waals surface area (Å²) in [5, 5.41) is 0. The van der Waals surface area contributed by atoms with E-state index in [1.165, 1.54) is 0 Å². The highest BCUT2D eigenvalue weighted by Gasteiger charge is 2.26. The zero-order valence-corrected chi connectivity index (χ0v) is 8.62. The van der Waals surface area contributed by atoms with Crippen molar-refractivity contribution in [3.05, 3.63) is 0 Å². The van der Waals surface area contributed by atoms with Gasteiger partial charge < -0.3 is 16.2 Å². The minimum atomic E-state index is -0.363. The molecule has 0 aliphatic rings. The molecule has 0 bridgehead atoms. The van der Waals surface area contributed by atoms with E-state index in [1.807, 2.05) is 6.92 Å². The van der Waals surface area contributed by atoms with Crippen LogP contribution in [0.1, 0.15) is 26.7 Å². The molecule has 4 heteroatoms. The molecule has 0 aromatic heterocycles. The van der Waals surface area contributed by atoms with Gasteiger partial charge in [0.2, 0.25) is 5.91 Å². The van der Waals surface area contributed by atoms with Gasteiger partial charge in [-0.1, -0.05) is 20.3 Å². The van der Waals surface area contributed by atoms with E-state index in [2.05, 4.69) is 0 Å². The highest BCUT2D eigenvalue weighted by atomic mass is 16.5. The van der Waals surface area contributed by atoms with Crippen molar-refractivity contribution < 1.29 is 9.53 Å². The van der Waals surface area contributed by atoms with Crippen LogP contribution in [0.4, 0.5) is 0 Å². The van der Waals surface area contributed by atoms with Gasteiger partial charge in [-0.15, -0.1) is 0 Å². The zero-order chi connectivity index (χ0) is 10.4. The van der Waals surface area contributed by atoms with Gasteiger partial charge in [-0.05, 0) is 6.42 Å². The van der Waals surface area contributed by atoms with Gasteiger partial charge in [-0.3, -0.25) is 4.79 Å². The first-order valence-corrected chi connectivity index (χ1v) is 4.62. The molecule has 13 heavy (non-hydrogen) atoms. The number of carbonyl (C=O) groups excluding carboxylic acids is 1. The van der Waals surface area contributed by atoms with Crippen molar-refractivity contribution in [3.63, 3.8) is 0 Å². The first kappa shape index (κ1) is 12.4. The van der Waals surface area contributed by atoms with Gasteiger partial charge in [0.25, 0.3) is 0 Å². The third kappa shape index (κ3) is 3.74. The lowest BCUT2D eigenvalue weighted by Gasteiger charge is -2.25. The van der Waals surface area contributed by atoms with Crippen molar-refractivity contribution in [1.29, 1.82) is 0 Å². The predicted molar refractivity (Wildman–Crippen MR) is 52.0 cm³/mol. The minimum Gasteiger partial charge on any atom is -0.379 e. The van der Waals surface area contributed by atoms with Crippen molar-refractivity contribution in [2.75, 3.05) is 7.11 Å². The fourth-order valence-electron chi connectivity index (χ4n) is 1.41. The standard InChI is InChI=1S/C9H20N2O2/c1-4-5-7(10)8(13-3)6(2)9(11)12/h6-8H,4-5,10H2,1-3H3,(H2,11,12)/t6-,7+,8-/m1/s1. The van der Waals surface area contributed by atoms with Crippen LogP contribution in [0.5, 0.6) is 0 Å². The summed E-state index contributed by atoms with van der Waals surface area (Å²) in [6.45, 7) is 3.79. The molecule has 1 amide bonds. The molecule has 0 aromatic carbocycles. The Morgan fingerprint density at radius 3 is 2.38 bits per heavy atom. The van der Waals surface area contributed by atoms with Crippen LogP contribution in [0.25, 0.3) is 0 Å². The normalized spacial score (nSPS) is 17.8. The van der Waals surface area contributed by atoms with Crippen LogP contribution in [0.15, 0.2) is 0 Å². The van der Waals surface area contributed by atoms with E-state index >= 15 is 0 Å². The SMILES string of the molecule is CCC[C@H](N)[C@H](OC)[C@@H](C)C(N)=O. The molecule has 4 N–H and O–H groups in total. The van der Waals surface area contributed by atoms with Gasteiger partial charge in [-0.25, -0.2) is 0 Å². The largest absolute Gasteiger partial charge is 0.379 e. The molecule has 0 rings (SSSR count). The highest BCUT2D eigenvalue weighted by Crippen LogP contribution is 2.12. The summed E-state index contributed by atoms with van der Waals surface area (Å²) >= 11 is 0. The number of amides is 1. The summed E-state index contributed by atoms with van der Waals surface area (Å²) in [4.78, 5) is 10.9. The van der Waals surface area contributed by atoms with Crippen LogP contribution in [0.2, 0.25) is 0 Å². The average Bonchev–Trinajstić information content (AvgIpc) is 2.05. The van der Waals surface area contributed by atoms with Crippen LogP contribution in [-0.2, 0) is 9.53 Å². The molecule has 0 spiro atoms. The summed E-state index contributed by atoms with van der Waals surface area (Å²) < 4.78 is 5.16. The topological polar surface area (TPSA) is 78.3 Å². The summed E-state index contributed by atoms with van der Waals surface area (Å²) in [6, 6.07) is -0.113. The summed E-state index contributed by atoms with van der Waals surface area (Å²) in [5.41, 5.74) is 11.0. The minimum absolute atomic E-state index is 0.113. The van der Waals surface area contributed by atoms with Gasteiger partial charge in [-0.2, -0.15) is 0 Å². The van der Waals surface area contributed by atoms with E-state index in [0.717, 1.165) is 12.8 Å². The number of ether oxygens (including phenoxy) is 1. The van der Waals surface area contributed by atoms with E-state index in [1.54, 1.807) is 14.0 Å². The molecular weight excluding hydrogens is 168 g/mol. The number of hydrogen-bond acceptors (Lipinski definition) is 3. The monoisotopic (exact) mass is 188 g/mol. The lowest BCUT2D eigenvalue weighted by molar-refractivity contribution is -0.126. The zero-order valence-electron chi connectivity index (χ0n) is 8.62. The second-order valence-corrected chi connectivity index (χ2v) is 3.34. The lowest BCUT2D eigenvalue weighted by atomic mass is 9.95. The number of methoxy groups -OCH3 is 1. The van der Waals surface area contributed by atoms with Crippen LogP contribution in [0.3, 0.4) is 0 Å². The third-order valence-electron chi connectivity index (χ3n) is 2.26. The van der Waals surface area contributed by atoms with E-state index < -0.39 is 0 Å². The molecular formula is C9H20N2O2. The molecule has 0 saturated heterocycles. The van der Waals surface area contributed by atoms with Gasteiger partial charge in [0.05, 0.1) is 12.0 Å². The fourth-order valence-corrected chi connectivity index (χ4v) is 1.41. The number of hydrogen-bond donors (Lipinski definition) is 2. The van der Waals surface area contributed by atoms with Crippen LogP contribution in [0, 0.1) is 5.92 Å². The molecule has 0 heterocycles. The number of nitrogens with two attached hydrogens (primary N) is 2. The Balaban J connectivity index is 4.22. The van der Waals surface area contributed by atoms with Crippen LogP contribution < -0.4 is 11.5 Å². The molecule has 0 fully saturated rings. The van der Waals surface area contributed by atoms with Gasteiger partial charge in [0.1, 0.15) is 0 Å². The first-order chi connectivity index (χ1) is 6.04. The Labute approximate surface area is 79.6 Å². The second-order valence-electron chi connectivity index (χ2n) is 3.34. The quantitative estimate of drug-likeness (QED) is 0.627. The van der Waals surface area contributed by atoms with Crippen LogP contribution in [-0.4, -0.2) is 25.2 Å². The van der Waals surface area contributed by atoms with E-state index in [4.69, 9.17) is 16.2 Å². The maximum absolute atomic E-state index is 10.9. The smallest absolute Gasteiger partial charge is 0.222 e. The maximum Gasteiger partial charge on any atom is 0.222 e. The highest BCUT2D eigenvalue weighted by molar-refractivity contribution is 5.76. The molecule has 0 aliphatic carbocycles. The first-order valence-electron chi connectivity index (χ1n) is 4.62. The second kappa shape index (κ2) is 5.94. The third-order valence-corrected chi connectivity index (χ3v) is 2.26. The maximum atomic E-state index is 10.9. The van der Waals surface area contributed by atoms with E-state index in [9.17, 15) is 4.79 Å². The predicted octanol–water partition coefficient (Wildman–Crippen LogP) is 0.250. The molecule has 0 aliphatic heterocycles. The molecule has 4 nitrogen and oxygen atoms in total. The lowest BCUT2D eigenvalue weighted by Crippen LogP contribution is -2.45. The number of rotatable bonds is 6. The van der Waals surface area contributed by atoms with Crippen molar-refractivity contribution in [1.82, 2.24) is 0 Å². The Bertz CT molecular complexity index is 162. The number of primary amides is 1. The molecule has 3 atom stereocenters. The molecule has 78 valence electrons. The van der Waals surface area contributed by atoms with Crippen molar-refractivity contribution >= 4 is 5.91 Å². The average molecular weight is 188 g/mol.